The highest BCUT2D eigenvalue weighted by Gasteiger charge is 2.04. The highest BCUT2D eigenvalue weighted by molar-refractivity contribution is 7.98. The molecule has 0 unspecified atom stereocenters. The van der Waals surface area contributed by atoms with Crippen molar-refractivity contribution in [2.45, 2.75) is 10.8 Å². The summed E-state index contributed by atoms with van der Waals surface area (Å²) in [4.78, 5) is 8.02. The fourth-order valence-electron chi connectivity index (χ4n) is 0.903. The lowest BCUT2D eigenvalue weighted by molar-refractivity contribution is 0.395. The molecule has 0 saturated carbocycles. The maximum atomic E-state index is 5.62. The van der Waals surface area contributed by atoms with Crippen LogP contribution in [0.1, 0.15) is 5.76 Å². The van der Waals surface area contributed by atoms with Gasteiger partial charge in [0.05, 0.1) is 11.9 Å². The fourth-order valence-corrected chi connectivity index (χ4v) is 1.67. The molecule has 2 heterocycles. The van der Waals surface area contributed by atoms with Crippen LogP contribution in [0.5, 0.6) is 0 Å². The van der Waals surface area contributed by atoms with E-state index in [-0.39, 0.29) is 0 Å². The number of anilines is 1. The Hall–Kier alpha value is -1.56. The molecule has 0 spiro atoms. The minimum atomic E-state index is 0.442. The summed E-state index contributed by atoms with van der Waals surface area (Å²) in [5.74, 6) is 1.89. The summed E-state index contributed by atoms with van der Waals surface area (Å²) in [6, 6.07) is 1.81. The molecule has 0 bridgehead atoms. The minimum absolute atomic E-state index is 0.442. The molecule has 6 heteroatoms. The SMILES string of the molecule is Nc1nccnc1SCc1ccno1. The minimum Gasteiger partial charge on any atom is -0.381 e. The standard InChI is InChI=1S/C8H8N4OS/c9-7-8(11-4-3-10-7)14-5-6-1-2-12-13-6/h1-4H,5H2,(H2,9,10). The third-order valence-electron chi connectivity index (χ3n) is 1.53. The van der Waals surface area contributed by atoms with Crippen LogP contribution in [-0.4, -0.2) is 15.1 Å². The number of rotatable bonds is 3. The van der Waals surface area contributed by atoms with E-state index >= 15 is 0 Å². The Labute approximate surface area is 84.7 Å². The predicted molar refractivity (Wildman–Crippen MR) is 52.5 cm³/mol. The van der Waals surface area contributed by atoms with Crippen molar-refractivity contribution in [1.82, 2.24) is 15.1 Å². The van der Waals surface area contributed by atoms with Crippen molar-refractivity contribution in [1.29, 1.82) is 0 Å². The molecule has 0 radical (unpaired) electrons. The van der Waals surface area contributed by atoms with Crippen LogP contribution in [0.15, 0.2) is 34.2 Å². The number of thioether (sulfide) groups is 1. The monoisotopic (exact) mass is 208 g/mol. The number of hydrogen-bond acceptors (Lipinski definition) is 6. The van der Waals surface area contributed by atoms with Gasteiger partial charge < -0.3 is 10.3 Å². The molecule has 2 aromatic heterocycles. The first kappa shape index (κ1) is 9.01. The van der Waals surface area contributed by atoms with E-state index < -0.39 is 0 Å². The molecule has 0 fully saturated rings. The second kappa shape index (κ2) is 4.10. The van der Waals surface area contributed by atoms with E-state index in [0.29, 0.717) is 16.6 Å². The highest BCUT2D eigenvalue weighted by Crippen LogP contribution is 2.23. The smallest absolute Gasteiger partial charge is 0.156 e. The first-order valence-electron chi connectivity index (χ1n) is 3.95. The number of aromatic nitrogens is 3. The van der Waals surface area contributed by atoms with Crippen molar-refractivity contribution in [3.05, 3.63) is 30.4 Å². The Bertz CT molecular complexity index is 403. The molecule has 5 nitrogen and oxygen atoms in total. The molecule has 2 rings (SSSR count). The molecule has 0 aromatic carbocycles. The molecule has 0 amide bonds. The summed E-state index contributed by atoms with van der Waals surface area (Å²) in [5, 5.41) is 4.31. The quantitative estimate of drug-likeness (QED) is 0.767. The van der Waals surface area contributed by atoms with E-state index in [1.54, 1.807) is 24.7 Å². The van der Waals surface area contributed by atoms with Crippen molar-refractivity contribution in [3.8, 4) is 0 Å². The van der Waals surface area contributed by atoms with Crippen molar-refractivity contribution in [3.63, 3.8) is 0 Å². The van der Waals surface area contributed by atoms with Gasteiger partial charge in [0.1, 0.15) is 10.8 Å². The normalized spacial score (nSPS) is 10.3. The Balaban J connectivity index is 2.02. The molecule has 2 aromatic rings. The third kappa shape index (κ3) is 2.02. The van der Waals surface area contributed by atoms with E-state index in [1.807, 2.05) is 0 Å². The first-order chi connectivity index (χ1) is 6.86. The Kier molecular flexibility index (Phi) is 2.64. The molecule has 72 valence electrons. The second-order valence-corrected chi connectivity index (χ2v) is 3.48. The van der Waals surface area contributed by atoms with Gasteiger partial charge in [-0.2, -0.15) is 0 Å². The van der Waals surface area contributed by atoms with Crippen LogP contribution in [0, 0.1) is 0 Å². The van der Waals surface area contributed by atoms with Gasteiger partial charge in [0.2, 0.25) is 0 Å². The van der Waals surface area contributed by atoms with Gasteiger partial charge in [0.15, 0.2) is 5.82 Å². The molecule has 0 aliphatic rings. The average Bonchev–Trinajstić information content (AvgIpc) is 2.69. The lowest BCUT2D eigenvalue weighted by atomic mass is 10.5. The molecule has 2 N–H and O–H groups in total. The summed E-state index contributed by atoms with van der Waals surface area (Å²) in [7, 11) is 0. The van der Waals surface area contributed by atoms with Crippen LogP contribution in [0.4, 0.5) is 5.82 Å². The lowest BCUT2D eigenvalue weighted by Crippen LogP contribution is -1.94. The molecule has 0 saturated heterocycles. The largest absolute Gasteiger partial charge is 0.381 e. The number of nitrogens with zero attached hydrogens (tertiary/aromatic N) is 3. The van der Waals surface area contributed by atoms with Crippen LogP contribution in [0.25, 0.3) is 0 Å². The fraction of sp³-hybridized carbons (Fsp3) is 0.125. The molecule has 0 aliphatic carbocycles. The summed E-state index contributed by atoms with van der Waals surface area (Å²) in [6.45, 7) is 0. The number of nitrogen functional groups attached to an aromatic ring is 1. The Morgan fingerprint density at radius 1 is 1.29 bits per heavy atom. The van der Waals surface area contributed by atoms with Crippen molar-refractivity contribution in [2.24, 2.45) is 0 Å². The van der Waals surface area contributed by atoms with Gasteiger partial charge in [-0.1, -0.05) is 16.9 Å². The summed E-state index contributed by atoms with van der Waals surface area (Å²) >= 11 is 1.47. The van der Waals surface area contributed by atoms with Gasteiger partial charge in [-0.25, -0.2) is 9.97 Å². The lowest BCUT2D eigenvalue weighted by Gasteiger charge is -1.99. The molecule has 0 atom stereocenters. The average molecular weight is 208 g/mol. The zero-order chi connectivity index (χ0) is 9.80. The Morgan fingerprint density at radius 2 is 2.14 bits per heavy atom. The van der Waals surface area contributed by atoms with E-state index in [1.165, 1.54) is 11.8 Å². The van der Waals surface area contributed by atoms with E-state index in [0.717, 1.165) is 5.76 Å². The van der Waals surface area contributed by atoms with E-state index in [4.69, 9.17) is 10.3 Å². The molecular weight excluding hydrogens is 200 g/mol. The van der Waals surface area contributed by atoms with Crippen LogP contribution >= 0.6 is 11.8 Å². The van der Waals surface area contributed by atoms with Gasteiger partial charge in [-0.3, -0.25) is 0 Å². The summed E-state index contributed by atoms with van der Waals surface area (Å²) in [6.07, 6.45) is 4.78. The van der Waals surface area contributed by atoms with Gasteiger partial charge in [0.25, 0.3) is 0 Å². The van der Waals surface area contributed by atoms with Crippen LogP contribution in [0.3, 0.4) is 0 Å². The number of nitrogens with two attached hydrogens (primary N) is 1. The van der Waals surface area contributed by atoms with Gasteiger partial charge >= 0.3 is 0 Å². The number of hydrogen-bond donors (Lipinski definition) is 1. The van der Waals surface area contributed by atoms with Gasteiger partial charge in [-0.05, 0) is 0 Å². The van der Waals surface area contributed by atoms with Crippen molar-refractivity contribution >= 4 is 17.6 Å². The molecule has 0 aliphatic heterocycles. The van der Waals surface area contributed by atoms with Crippen molar-refractivity contribution in [2.75, 3.05) is 5.73 Å². The zero-order valence-corrected chi connectivity index (χ0v) is 8.07. The van der Waals surface area contributed by atoms with Crippen LogP contribution in [0.2, 0.25) is 0 Å². The molecule has 14 heavy (non-hydrogen) atoms. The zero-order valence-electron chi connectivity index (χ0n) is 7.25. The highest BCUT2D eigenvalue weighted by atomic mass is 32.2. The maximum absolute atomic E-state index is 5.62. The third-order valence-corrected chi connectivity index (χ3v) is 2.55. The first-order valence-corrected chi connectivity index (χ1v) is 4.93. The Morgan fingerprint density at radius 3 is 2.86 bits per heavy atom. The second-order valence-electron chi connectivity index (χ2n) is 2.51. The summed E-state index contributed by atoms with van der Waals surface area (Å²) in [5.41, 5.74) is 5.62. The van der Waals surface area contributed by atoms with Gasteiger partial charge in [-0.15, -0.1) is 0 Å². The predicted octanol–water partition coefficient (Wildman–Crippen LogP) is 1.34. The van der Waals surface area contributed by atoms with Crippen LogP contribution in [-0.2, 0) is 5.75 Å². The van der Waals surface area contributed by atoms with E-state index in [2.05, 4.69) is 15.1 Å². The van der Waals surface area contributed by atoms with Gasteiger partial charge in [0, 0.05) is 18.5 Å². The topological polar surface area (TPSA) is 77.8 Å². The van der Waals surface area contributed by atoms with Crippen molar-refractivity contribution < 1.29 is 4.52 Å². The van der Waals surface area contributed by atoms with Crippen LogP contribution < -0.4 is 5.73 Å². The molecular formula is C8H8N4OS. The summed E-state index contributed by atoms with van der Waals surface area (Å²) < 4.78 is 4.94. The van der Waals surface area contributed by atoms with E-state index in [9.17, 15) is 0 Å². The maximum Gasteiger partial charge on any atom is 0.156 e.